The van der Waals surface area contributed by atoms with Crippen LogP contribution < -0.4 is 5.32 Å². The van der Waals surface area contributed by atoms with E-state index in [4.69, 9.17) is 0 Å². The molecule has 0 aliphatic carbocycles. The van der Waals surface area contributed by atoms with Gasteiger partial charge in [0.2, 0.25) is 0 Å². The van der Waals surface area contributed by atoms with Gasteiger partial charge in [0.15, 0.2) is 0 Å². The Kier molecular flexibility index (Phi) is 5.66. The van der Waals surface area contributed by atoms with E-state index >= 15 is 0 Å². The molecule has 3 rings (SSSR count). The number of carbonyl (C=O) groups excluding carboxylic acids is 1. The van der Waals surface area contributed by atoms with E-state index < -0.39 is 6.04 Å². The first kappa shape index (κ1) is 17.4. The standard InChI is InChI=1S/C20H23FN2O2/c21-18-8-4-7-17(13-18)19(16-5-2-1-3-6-16)22-20(25)23-11-9-15(14-24)10-12-23/h1-8,13,15,19,24H,9-12,14H2,(H,22,25)/t19-/m1/s1. The SMILES string of the molecule is O=C(N[C@H](c1ccccc1)c1cccc(F)c1)N1CCC(CO)CC1. The summed E-state index contributed by atoms with van der Waals surface area (Å²) in [6.07, 6.45) is 1.61. The number of urea groups is 1. The number of benzene rings is 2. The largest absolute Gasteiger partial charge is 0.396 e. The van der Waals surface area contributed by atoms with Crippen LogP contribution in [0.1, 0.15) is 30.0 Å². The number of rotatable bonds is 4. The van der Waals surface area contributed by atoms with Crippen LogP contribution in [0, 0.1) is 11.7 Å². The highest BCUT2D eigenvalue weighted by Crippen LogP contribution is 2.24. The van der Waals surface area contributed by atoms with E-state index in [1.54, 1.807) is 11.0 Å². The van der Waals surface area contributed by atoms with Crippen molar-refractivity contribution in [2.45, 2.75) is 18.9 Å². The Hall–Kier alpha value is -2.40. The molecule has 0 radical (unpaired) electrons. The summed E-state index contributed by atoms with van der Waals surface area (Å²) >= 11 is 0. The summed E-state index contributed by atoms with van der Waals surface area (Å²) in [6, 6.07) is 15.3. The molecule has 1 fully saturated rings. The molecule has 1 heterocycles. The predicted octanol–water partition coefficient (Wildman–Crippen LogP) is 3.33. The Morgan fingerprint density at radius 1 is 1.12 bits per heavy atom. The Morgan fingerprint density at radius 2 is 1.80 bits per heavy atom. The van der Waals surface area contributed by atoms with Crippen molar-refractivity contribution in [1.82, 2.24) is 10.2 Å². The highest BCUT2D eigenvalue weighted by atomic mass is 19.1. The second-order valence-electron chi connectivity index (χ2n) is 6.46. The third-order valence-electron chi connectivity index (χ3n) is 4.74. The van der Waals surface area contributed by atoms with Crippen molar-refractivity contribution < 1.29 is 14.3 Å². The van der Waals surface area contributed by atoms with Gasteiger partial charge in [0.1, 0.15) is 5.82 Å². The van der Waals surface area contributed by atoms with Gasteiger partial charge >= 0.3 is 6.03 Å². The van der Waals surface area contributed by atoms with Gasteiger partial charge in [0.25, 0.3) is 0 Å². The Labute approximate surface area is 147 Å². The fourth-order valence-corrected chi connectivity index (χ4v) is 3.22. The first-order valence-electron chi connectivity index (χ1n) is 8.64. The van der Waals surface area contributed by atoms with Crippen LogP contribution in [0.5, 0.6) is 0 Å². The lowest BCUT2D eigenvalue weighted by Crippen LogP contribution is -2.46. The lowest BCUT2D eigenvalue weighted by atomic mass is 9.97. The Balaban J connectivity index is 1.77. The number of hydrogen-bond donors (Lipinski definition) is 2. The van der Waals surface area contributed by atoms with Crippen molar-refractivity contribution >= 4 is 6.03 Å². The van der Waals surface area contributed by atoms with Gasteiger partial charge in [0, 0.05) is 19.7 Å². The molecule has 0 saturated carbocycles. The van der Waals surface area contributed by atoms with E-state index in [9.17, 15) is 14.3 Å². The number of carbonyl (C=O) groups is 1. The smallest absolute Gasteiger partial charge is 0.318 e. The number of nitrogens with one attached hydrogen (secondary N) is 1. The lowest BCUT2D eigenvalue weighted by molar-refractivity contribution is 0.136. The molecule has 0 aromatic heterocycles. The van der Waals surface area contributed by atoms with Gasteiger partial charge in [-0.25, -0.2) is 9.18 Å². The third-order valence-corrected chi connectivity index (χ3v) is 4.74. The fraction of sp³-hybridized carbons (Fsp3) is 0.350. The monoisotopic (exact) mass is 342 g/mol. The molecule has 1 aliphatic rings. The second kappa shape index (κ2) is 8.12. The summed E-state index contributed by atoms with van der Waals surface area (Å²) < 4.78 is 13.7. The average Bonchev–Trinajstić information content (AvgIpc) is 2.66. The molecule has 1 saturated heterocycles. The molecule has 25 heavy (non-hydrogen) atoms. The summed E-state index contributed by atoms with van der Waals surface area (Å²) in [7, 11) is 0. The molecule has 132 valence electrons. The minimum Gasteiger partial charge on any atom is -0.396 e. The van der Waals surface area contributed by atoms with Crippen LogP contribution in [0.3, 0.4) is 0 Å². The molecule has 2 N–H and O–H groups in total. The van der Waals surface area contributed by atoms with Crippen molar-refractivity contribution in [2.24, 2.45) is 5.92 Å². The van der Waals surface area contributed by atoms with E-state index in [2.05, 4.69) is 5.32 Å². The van der Waals surface area contributed by atoms with Gasteiger partial charge in [-0.3, -0.25) is 0 Å². The van der Waals surface area contributed by atoms with Gasteiger partial charge in [-0.15, -0.1) is 0 Å². The molecule has 0 unspecified atom stereocenters. The first-order valence-corrected chi connectivity index (χ1v) is 8.64. The Bertz CT molecular complexity index is 700. The molecular formula is C20H23FN2O2. The van der Waals surface area contributed by atoms with Crippen molar-refractivity contribution in [3.63, 3.8) is 0 Å². The number of halogens is 1. The van der Waals surface area contributed by atoms with E-state index in [0.29, 0.717) is 18.7 Å². The van der Waals surface area contributed by atoms with Crippen molar-refractivity contribution in [1.29, 1.82) is 0 Å². The molecule has 2 aromatic rings. The van der Waals surface area contributed by atoms with Crippen LogP contribution in [-0.4, -0.2) is 35.7 Å². The first-order chi connectivity index (χ1) is 12.2. The number of aliphatic hydroxyl groups excluding tert-OH is 1. The lowest BCUT2D eigenvalue weighted by Gasteiger charge is -2.32. The quantitative estimate of drug-likeness (QED) is 0.895. The zero-order valence-electron chi connectivity index (χ0n) is 14.1. The van der Waals surface area contributed by atoms with Crippen molar-refractivity contribution in [3.8, 4) is 0 Å². The fourth-order valence-electron chi connectivity index (χ4n) is 3.22. The molecule has 2 aromatic carbocycles. The topological polar surface area (TPSA) is 52.6 Å². The summed E-state index contributed by atoms with van der Waals surface area (Å²) in [4.78, 5) is 14.5. The molecule has 1 aliphatic heterocycles. The summed E-state index contributed by atoms with van der Waals surface area (Å²) in [5.74, 6) is -0.0476. The summed E-state index contributed by atoms with van der Waals surface area (Å²) in [5.41, 5.74) is 1.62. The highest BCUT2D eigenvalue weighted by molar-refractivity contribution is 5.75. The van der Waals surface area contributed by atoms with Crippen LogP contribution in [0.4, 0.5) is 9.18 Å². The van der Waals surface area contributed by atoms with E-state index in [0.717, 1.165) is 18.4 Å². The molecule has 1 atom stereocenters. The minimum atomic E-state index is -0.403. The molecule has 2 amide bonds. The highest BCUT2D eigenvalue weighted by Gasteiger charge is 2.25. The zero-order valence-corrected chi connectivity index (χ0v) is 14.1. The van der Waals surface area contributed by atoms with Crippen LogP contribution in [0.15, 0.2) is 54.6 Å². The van der Waals surface area contributed by atoms with Gasteiger partial charge < -0.3 is 15.3 Å². The number of likely N-dealkylation sites (tertiary alicyclic amines) is 1. The van der Waals surface area contributed by atoms with Crippen LogP contribution in [-0.2, 0) is 0 Å². The van der Waals surface area contributed by atoms with Crippen molar-refractivity contribution in [2.75, 3.05) is 19.7 Å². The maximum atomic E-state index is 13.7. The van der Waals surface area contributed by atoms with Gasteiger partial charge in [0.05, 0.1) is 6.04 Å². The number of nitrogens with zero attached hydrogens (tertiary/aromatic N) is 1. The number of aliphatic hydroxyl groups is 1. The number of amides is 2. The maximum absolute atomic E-state index is 13.7. The minimum absolute atomic E-state index is 0.158. The van der Waals surface area contributed by atoms with E-state index in [1.165, 1.54) is 12.1 Å². The molecule has 0 bridgehead atoms. The van der Waals surface area contributed by atoms with Gasteiger partial charge in [-0.05, 0) is 42.0 Å². The van der Waals surface area contributed by atoms with Crippen LogP contribution >= 0.6 is 0 Å². The molecule has 5 heteroatoms. The summed E-state index contributed by atoms with van der Waals surface area (Å²) in [6.45, 7) is 1.43. The number of piperidine rings is 1. The molecular weight excluding hydrogens is 319 g/mol. The second-order valence-corrected chi connectivity index (χ2v) is 6.46. The van der Waals surface area contributed by atoms with Gasteiger partial charge in [-0.2, -0.15) is 0 Å². The van der Waals surface area contributed by atoms with Crippen LogP contribution in [0.2, 0.25) is 0 Å². The molecule has 0 spiro atoms. The Morgan fingerprint density at radius 3 is 2.44 bits per heavy atom. The van der Waals surface area contributed by atoms with Crippen LogP contribution in [0.25, 0.3) is 0 Å². The molecule has 4 nitrogen and oxygen atoms in total. The average molecular weight is 342 g/mol. The predicted molar refractivity (Wildman–Crippen MR) is 94.6 cm³/mol. The summed E-state index contributed by atoms with van der Waals surface area (Å²) in [5, 5.41) is 12.3. The van der Waals surface area contributed by atoms with Gasteiger partial charge in [-0.1, -0.05) is 42.5 Å². The number of hydrogen-bond acceptors (Lipinski definition) is 2. The normalized spacial score (nSPS) is 16.5. The zero-order chi connectivity index (χ0) is 17.6. The third kappa shape index (κ3) is 4.37. The van der Waals surface area contributed by atoms with E-state index in [1.807, 2.05) is 36.4 Å². The maximum Gasteiger partial charge on any atom is 0.318 e. The van der Waals surface area contributed by atoms with Crippen molar-refractivity contribution in [3.05, 3.63) is 71.5 Å². The van der Waals surface area contributed by atoms with E-state index in [-0.39, 0.29) is 24.4 Å².